The van der Waals surface area contributed by atoms with Crippen molar-refractivity contribution in [3.05, 3.63) is 42.0 Å². The third kappa shape index (κ3) is 4.02. The van der Waals surface area contributed by atoms with Gasteiger partial charge in [0.25, 0.3) is 0 Å². The largest absolute Gasteiger partial charge is 0.493 e. The van der Waals surface area contributed by atoms with Crippen LogP contribution in [0.5, 0.6) is 11.5 Å². The Morgan fingerprint density at radius 1 is 0.952 bits per heavy atom. The van der Waals surface area contributed by atoms with Crippen LogP contribution >= 0.6 is 0 Å². The van der Waals surface area contributed by atoms with Crippen LogP contribution in [0.3, 0.4) is 0 Å². The number of hydrogen-bond donors (Lipinski definition) is 2. The molecule has 1 aromatic heterocycles. The second kappa shape index (κ2) is 7.38. The predicted molar refractivity (Wildman–Crippen MR) is 85.3 cm³/mol. The molecule has 5 heteroatoms. The summed E-state index contributed by atoms with van der Waals surface area (Å²) in [4.78, 5) is 4.48. The van der Waals surface area contributed by atoms with Gasteiger partial charge in [0, 0.05) is 13.1 Å². The molecule has 112 valence electrons. The van der Waals surface area contributed by atoms with Gasteiger partial charge in [-0.3, -0.25) is 0 Å². The summed E-state index contributed by atoms with van der Waals surface area (Å²) in [5, 5.41) is 6.49. The van der Waals surface area contributed by atoms with E-state index < -0.39 is 0 Å². The van der Waals surface area contributed by atoms with E-state index in [1.54, 1.807) is 14.2 Å². The van der Waals surface area contributed by atoms with Gasteiger partial charge in [-0.2, -0.15) is 0 Å². The molecule has 0 amide bonds. The first-order valence-electron chi connectivity index (χ1n) is 6.92. The fourth-order valence-electron chi connectivity index (χ4n) is 2.00. The average molecular weight is 287 g/mol. The van der Waals surface area contributed by atoms with E-state index in [4.69, 9.17) is 9.47 Å². The summed E-state index contributed by atoms with van der Waals surface area (Å²) in [7, 11) is 3.27. The minimum Gasteiger partial charge on any atom is -0.493 e. The second-order valence-corrected chi connectivity index (χ2v) is 4.48. The van der Waals surface area contributed by atoms with Crippen LogP contribution < -0.4 is 20.1 Å². The van der Waals surface area contributed by atoms with E-state index in [0.29, 0.717) is 6.54 Å². The maximum absolute atomic E-state index is 5.30. The van der Waals surface area contributed by atoms with Crippen molar-refractivity contribution in [3.8, 4) is 11.5 Å². The molecule has 0 unspecified atom stereocenters. The Hall–Kier alpha value is -2.43. The van der Waals surface area contributed by atoms with Crippen LogP contribution in [0, 0.1) is 0 Å². The lowest BCUT2D eigenvalue weighted by atomic mass is 10.2. The molecule has 2 rings (SSSR count). The van der Waals surface area contributed by atoms with Crippen LogP contribution in [0.25, 0.3) is 0 Å². The highest BCUT2D eigenvalue weighted by molar-refractivity contribution is 5.47. The van der Waals surface area contributed by atoms with Crippen molar-refractivity contribution in [3.63, 3.8) is 0 Å². The zero-order chi connectivity index (χ0) is 15.1. The fourth-order valence-corrected chi connectivity index (χ4v) is 2.00. The molecule has 0 aliphatic rings. The van der Waals surface area contributed by atoms with Crippen molar-refractivity contribution < 1.29 is 9.47 Å². The number of nitrogens with one attached hydrogen (secondary N) is 2. The number of benzene rings is 1. The van der Waals surface area contributed by atoms with Crippen molar-refractivity contribution in [2.45, 2.75) is 13.5 Å². The zero-order valence-electron chi connectivity index (χ0n) is 12.6. The van der Waals surface area contributed by atoms with Gasteiger partial charge >= 0.3 is 0 Å². The topological polar surface area (TPSA) is 55.4 Å². The maximum atomic E-state index is 5.30. The molecular weight excluding hydrogens is 266 g/mol. The van der Waals surface area contributed by atoms with Gasteiger partial charge in [-0.05, 0) is 36.8 Å². The summed E-state index contributed by atoms with van der Waals surface area (Å²) in [6, 6.07) is 11.7. The number of ether oxygens (including phenoxy) is 2. The summed E-state index contributed by atoms with van der Waals surface area (Å²) in [6.07, 6.45) is 0. The Bertz CT molecular complexity index is 587. The number of hydrogen-bond acceptors (Lipinski definition) is 5. The van der Waals surface area contributed by atoms with Gasteiger partial charge in [-0.1, -0.05) is 12.1 Å². The standard InChI is InChI=1S/C16H21N3O2/c1-4-17-15-6-5-7-16(19-15)18-11-12-8-9-13(20-2)14(10-12)21-3/h5-10H,4,11H2,1-3H3,(H2,17,18,19). The quantitative estimate of drug-likeness (QED) is 0.819. The van der Waals surface area contributed by atoms with Gasteiger partial charge < -0.3 is 20.1 Å². The van der Waals surface area contributed by atoms with Crippen molar-refractivity contribution in [2.24, 2.45) is 0 Å². The molecule has 1 heterocycles. The van der Waals surface area contributed by atoms with E-state index in [2.05, 4.69) is 15.6 Å². The molecule has 0 saturated heterocycles. The Labute approximate surface area is 125 Å². The molecule has 0 radical (unpaired) electrons. The first kappa shape index (κ1) is 15.0. The summed E-state index contributed by atoms with van der Waals surface area (Å²) in [6.45, 7) is 3.57. The van der Waals surface area contributed by atoms with Gasteiger partial charge in [-0.25, -0.2) is 4.98 Å². The molecule has 2 aromatic rings. The number of pyridine rings is 1. The molecule has 21 heavy (non-hydrogen) atoms. The van der Waals surface area contributed by atoms with E-state index in [1.807, 2.05) is 43.3 Å². The molecule has 0 aliphatic heterocycles. The number of methoxy groups -OCH3 is 2. The van der Waals surface area contributed by atoms with E-state index >= 15 is 0 Å². The van der Waals surface area contributed by atoms with E-state index in [-0.39, 0.29) is 0 Å². The Kier molecular flexibility index (Phi) is 5.26. The van der Waals surface area contributed by atoms with Gasteiger partial charge in [-0.15, -0.1) is 0 Å². The zero-order valence-corrected chi connectivity index (χ0v) is 12.6. The SMILES string of the molecule is CCNc1cccc(NCc2ccc(OC)c(OC)c2)n1. The lowest BCUT2D eigenvalue weighted by Gasteiger charge is -2.11. The third-order valence-electron chi connectivity index (χ3n) is 3.03. The van der Waals surface area contributed by atoms with E-state index in [1.165, 1.54) is 0 Å². The molecule has 2 N–H and O–H groups in total. The van der Waals surface area contributed by atoms with Crippen LogP contribution in [-0.4, -0.2) is 25.7 Å². The van der Waals surface area contributed by atoms with Crippen molar-refractivity contribution in [1.29, 1.82) is 0 Å². The monoisotopic (exact) mass is 287 g/mol. The average Bonchev–Trinajstić information content (AvgIpc) is 2.53. The molecule has 0 aliphatic carbocycles. The first-order valence-corrected chi connectivity index (χ1v) is 6.92. The Morgan fingerprint density at radius 3 is 2.33 bits per heavy atom. The van der Waals surface area contributed by atoms with Crippen LogP contribution in [0.1, 0.15) is 12.5 Å². The third-order valence-corrected chi connectivity index (χ3v) is 3.03. The van der Waals surface area contributed by atoms with E-state index in [9.17, 15) is 0 Å². The van der Waals surface area contributed by atoms with Crippen LogP contribution in [0.2, 0.25) is 0 Å². The number of aromatic nitrogens is 1. The molecule has 1 aromatic carbocycles. The highest BCUT2D eigenvalue weighted by Crippen LogP contribution is 2.27. The van der Waals surface area contributed by atoms with Crippen molar-refractivity contribution >= 4 is 11.6 Å². The molecule has 0 bridgehead atoms. The van der Waals surface area contributed by atoms with Gasteiger partial charge in [0.15, 0.2) is 11.5 Å². The van der Waals surface area contributed by atoms with E-state index in [0.717, 1.165) is 35.2 Å². The predicted octanol–water partition coefficient (Wildman–Crippen LogP) is 3.14. The lowest BCUT2D eigenvalue weighted by molar-refractivity contribution is 0.354. The molecule has 5 nitrogen and oxygen atoms in total. The molecule has 0 saturated carbocycles. The normalized spacial score (nSPS) is 10.0. The second-order valence-electron chi connectivity index (χ2n) is 4.48. The van der Waals surface area contributed by atoms with Crippen LogP contribution in [-0.2, 0) is 6.54 Å². The van der Waals surface area contributed by atoms with Gasteiger partial charge in [0.2, 0.25) is 0 Å². The summed E-state index contributed by atoms with van der Waals surface area (Å²) < 4.78 is 10.5. The van der Waals surface area contributed by atoms with Gasteiger partial charge in [0.05, 0.1) is 14.2 Å². The molecule has 0 spiro atoms. The summed E-state index contributed by atoms with van der Waals surface area (Å²) in [5.41, 5.74) is 1.10. The van der Waals surface area contributed by atoms with Crippen LogP contribution in [0.4, 0.5) is 11.6 Å². The highest BCUT2D eigenvalue weighted by Gasteiger charge is 2.04. The minimum atomic E-state index is 0.670. The summed E-state index contributed by atoms with van der Waals surface area (Å²) in [5.74, 6) is 3.16. The number of nitrogens with zero attached hydrogens (tertiary/aromatic N) is 1. The number of rotatable bonds is 7. The lowest BCUT2D eigenvalue weighted by Crippen LogP contribution is -2.04. The van der Waals surface area contributed by atoms with Crippen LogP contribution in [0.15, 0.2) is 36.4 Å². The smallest absolute Gasteiger partial charge is 0.161 e. The fraction of sp³-hybridized carbons (Fsp3) is 0.312. The highest BCUT2D eigenvalue weighted by atomic mass is 16.5. The molecular formula is C16H21N3O2. The molecule has 0 atom stereocenters. The first-order chi connectivity index (χ1) is 10.3. The Balaban J connectivity index is 2.04. The van der Waals surface area contributed by atoms with Gasteiger partial charge in [0.1, 0.15) is 11.6 Å². The van der Waals surface area contributed by atoms with Crippen molar-refractivity contribution in [2.75, 3.05) is 31.4 Å². The van der Waals surface area contributed by atoms with Crippen molar-refractivity contribution in [1.82, 2.24) is 4.98 Å². The minimum absolute atomic E-state index is 0.670. The Morgan fingerprint density at radius 2 is 1.67 bits per heavy atom. The summed E-state index contributed by atoms with van der Waals surface area (Å²) >= 11 is 0. The molecule has 0 fully saturated rings. The number of anilines is 2. The maximum Gasteiger partial charge on any atom is 0.161 e.